The van der Waals surface area contributed by atoms with Crippen molar-refractivity contribution in [2.75, 3.05) is 19.8 Å². The first-order chi connectivity index (χ1) is 11.2. The zero-order valence-corrected chi connectivity index (χ0v) is 15.8. The smallest absolute Gasteiger partial charge is 0.287 e. The fourth-order valence-corrected chi connectivity index (χ4v) is 2.74. The van der Waals surface area contributed by atoms with E-state index >= 15 is 0 Å². The summed E-state index contributed by atoms with van der Waals surface area (Å²) in [6.45, 7) is 7.49. The maximum atomic E-state index is 12.2. The van der Waals surface area contributed by atoms with Crippen molar-refractivity contribution in [2.45, 2.75) is 59.3 Å². The molecule has 0 aliphatic heterocycles. The molecule has 0 radical (unpaired) electrons. The number of phosphoric ester groups is 1. The van der Waals surface area contributed by atoms with Gasteiger partial charge in [-0.05, 0) is 19.3 Å². The molecule has 0 bridgehead atoms. The van der Waals surface area contributed by atoms with Gasteiger partial charge in [-0.15, -0.1) is 0 Å². The Kier molecular flexibility index (Phi) is 15.7. The van der Waals surface area contributed by atoms with Crippen LogP contribution in [-0.4, -0.2) is 19.8 Å². The van der Waals surface area contributed by atoms with E-state index in [1.54, 1.807) is 0 Å². The van der Waals surface area contributed by atoms with Gasteiger partial charge in [0.1, 0.15) is 0 Å². The van der Waals surface area contributed by atoms with Gasteiger partial charge in [0.25, 0.3) is 0 Å². The second-order valence-corrected chi connectivity index (χ2v) is 6.83. The van der Waals surface area contributed by atoms with Crippen LogP contribution < -0.4 is 0 Å². The maximum absolute atomic E-state index is 12.2. The Morgan fingerprint density at radius 1 is 0.609 bits per heavy atom. The first-order valence-corrected chi connectivity index (χ1v) is 10.2. The van der Waals surface area contributed by atoms with Crippen molar-refractivity contribution in [3.05, 3.63) is 36.4 Å². The third-order valence-electron chi connectivity index (χ3n) is 2.91. The Morgan fingerprint density at radius 3 is 1.09 bits per heavy atom. The van der Waals surface area contributed by atoms with Gasteiger partial charge in [-0.1, -0.05) is 76.4 Å². The molecular formula is C18H33O4P. The normalized spacial score (nSPS) is 10.9. The number of hydrogen-bond donors (Lipinski definition) is 0. The molecule has 134 valence electrons. The van der Waals surface area contributed by atoms with E-state index in [0.717, 1.165) is 38.5 Å². The van der Waals surface area contributed by atoms with Gasteiger partial charge in [0.2, 0.25) is 0 Å². The minimum atomic E-state index is -3.31. The summed E-state index contributed by atoms with van der Waals surface area (Å²) in [5, 5.41) is 0. The van der Waals surface area contributed by atoms with E-state index in [-0.39, 0.29) is 0 Å². The summed E-state index contributed by atoms with van der Waals surface area (Å²) in [6, 6.07) is 12.0. The third kappa shape index (κ3) is 14.6. The summed E-state index contributed by atoms with van der Waals surface area (Å²) in [5.41, 5.74) is 0. The summed E-state index contributed by atoms with van der Waals surface area (Å²) < 4.78 is 28.0. The molecule has 0 saturated carbocycles. The molecule has 0 atom stereocenters. The van der Waals surface area contributed by atoms with Gasteiger partial charge in [-0.2, -0.15) is 0 Å². The van der Waals surface area contributed by atoms with Crippen LogP contribution in [0.3, 0.4) is 0 Å². The molecule has 0 aromatic heterocycles. The van der Waals surface area contributed by atoms with E-state index in [1.807, 2.05) is 36.4 Å². The highest BCUT2D eigenvalue weighted by atomic mass is 31.2. The Morgan fingerprint density at radius 2 is 0.870 bits per heavy atom. The summed E-state index contributed by atoms with van der Waals surface area (Å²) in [4.78, 5) is 0. The zero-order chi connectivity index (χ0) is 17.2. The lowest BCUT2D eigenvalue weighted by molar-refractivity contribution is 0.110. The SMILES string of the molecule is CCCCOP(=O)(OCCCC)OCCCC.c1ccccc1. The van der Waals surface area contributed by atoms with E-state index in [4.69, 9.17) is 13.6 Å². The Bertz CT molecular complexity index is 324. The van der Waals surface area contributed by atoms with E-state index in [0.29, 0.717) is 19.8 Å². The van der Waals surface area contributed by atoms with Crippen LogP contribution in [0.25, 0.3) is 0 Å². The Labute approximate surface area is 142 Å². The Hall–Kier alpha value is -0.670. The lowest BCUT2D eigenvalue weighted by atomic mass is 10.4. The highest BCUT2D eigenvalue weighted by molar-refractivity contribution is 7.48. The fraction of sp³-hybridized carbons (Fsp3) is 0.667. The molecule has 0 unspecified atom stereocenters. The summed E-state index contributed by atoms with van der Waals surface area (Å²) >= 11 is 0. The van der Waals surface area contributed by atoms with Crippen LogP contribution in [-0.2, 0) is 18.1 Å². The van der Waals surface area contributed by atoms with E-state index in [9.17, 15) is 4.57 Å². The van der Waals surface area contributed by atoms with Gasteiger partial charge in [-0.25, -0.2) is 4.57 Å². The van der Waals surface area contributed by atoms with Crippen LogP contribution in [0.4, 0.5) is 0 Å². The van der Waals surface area contributed by atoms with Gasteiger partial charge in [-0.3, -0.25) is 13.6 Å². The molecule has 0 spiro atoms. The molecule has 1 aromatic rings. The number of hydrogen-bond acceptors (Lipinski definition) is 4. The molecule has 23 heavy (non-hydrogen) atoms. The van der Waals surface area contributed by atoms with Crippen molar-refractivity contribution >= 4 is 7.82 Å². The van der Waals surface area contributed by atoms with Crippen LogP contribution in [0.5, 0.6) is 0 Å². The molecule has 0 aliphatic carbocycles. The summed E-state index contributed by atoms with van der Waals surface area (Å²) in [7, 11) is -3.31. The first-order valence-electron chi connectivity index (χ1n) is 8.72. The van der Waals surface area contributed by atoms with Gasteiger partial charge in [0, 0.05) is 0 Å². The van der Waals surface area contributed by atoms with Gasteiger partial charge >= 0.3 is 7.82 Å². The molecule has 0 saturated heterocycles. The van der Waals surface area contributed by atoms with Gasteiger partial charge in [0.15, 0.2) is 0 Å². The highest BCUT2D eigenvalue weighted by Gasteiger charge is 2.25. The monoisotopic (exact) mass is 344 g/mol. The van der Waals surface area contributed by atoms with Crippen molar-refractivity contribution in [3.63, 3.8) is 0 Å². The molecule has 1 aromatic carbocycles. The first kappa shape index (κ1) is 22.3. The fourth-order valence-electron chi connectivity index (χ4n) is 1.46. The lowest BCUT2D eigenvalue weighted by Gasteiger charge is -2.17. The average Bonchev–Trinajstić information content (AvgIpc) is 2.58. The molecule has 0 aliphatic rings. The van der Waals surface area contributed by atoms with Gasteiger partial charge in [0.05, 0.1) is 19.8 Å². The molecular weight excluding hydrogens is 311 g/mol. The topological polar surface area (TPSA) is 44.8 Å². The summed E-state index contributed by atoms with van der Waals surface area (Å²) in [6.07, 6.45) is 5.63. The summed E-state index contributed by atoms with van der Waals surface area (Å²) in [5.74, 6) is 0. The predicted octanol–water partition coefficient (Wildman–Crippen LogP) is 6.23. The third-order valence-corrected chi connectivity index (χ3v) is 4.40. The second kappa shape index (κ2) is 16.2. The number of phosphoric acid groups is 1. The van der Waals surface area contributed by atoms with Crippen LogP contribution in [0.15, 0.2) is 36.4 Å². The van der Waals surface area contributed by atoms with Crippen molar-refractivity contribution in [3.8, 4) is 0 Å². The highest BCUT2D eigenvalue weighted by Crippen LogP contribution is 2.49. The molecule has 0 N–H and O–H groups in total. The van der Waals surface area contributed by atoms with Crippen molar-refractivity contribution in [2.24, 2.45) is 0 Å². The van der Waals surface area contributed by atoms with Crippen LogP contribution in [0.1, 0.15) is 59.3 Å². The lowest BCUT2D eigenvalue weighted by Crippen LogP contribution is -2.03. The number of unbranched alkanes of at least 4 members (excludes halogenated alkanes) is 3. The molecule has 4 nitrogen and oxygen atoms in total. The zero-order valence-electron chi connectivity index (χ0n) is 14.9. The molecule has 0 fully saturated rings. The second-order valence-electron chi connectivity index (χ2n) is 5.16. The minimum Gasteiger partial charge on any atom is -0.287 e. The van der Waals surface area contributed by atoms with Crippen molar-refractivity contribution in [1.82, 2.24) is 0 Å². The number of benzene rings is 1. The van der Waals surface area contributed by atoms with Crippen molar-refractivity contribution < 1.29 is 18.1 Å². The van der Waals surface area contributed by atoms with Crippen LogP contribution in [0.2, 0.25) is 0 Å². The molecule has 5 heteroatoms. The van der Waals surface area contributed by atoms with Crippen LogP contribution >= 0.6 is 7.82 Å². The van der Waals surface area contributed by atoms with Gasteiger partial charge < -0.3 is 0 Å². The number of rotatable bonds is 12. The molecule has 1 rings (SSSR count). The van der Waals surface area contributed by atoms with E-state index in [2.05, 4.69) is 20.8 Å². The molecule has 0 amide bonds. The largest absolute Gasteiger partial charge is 0.474 e. The van der Waals surface area contributed by atoms with E-state index in [1.165, 1.54) is 0 Å². The van der Waals surface area contributed by atoms with E-state index < -0.39 is 7.82 Å². The van der Waals surface area contributed by atoms with Crippen molar-refractivity contribution in [1.29, 1.82) is 0 Å². The predicted molar refractivity (Wildman–Crippen MR) is 96.6 cm³/mol. The standard InChI is InChI=1S/C12H27O4P.C6H6/c1-4-7-10-14-17(13,15-11-8-5-2)16-12-9-6-3;1-2-4-6-5-3-1/h4-12H2,1-3H3;1-6H. The molecule has 0 heterocycles. The quantitative estimate of drug-likeness (QED) is 0.333. The minimum absolute atomic E-state index is 0.437. The van der Waals surface area contributed by atoms with Crippen LogP contribution in [0, 0.1) is 0 Å². The maximum Gasteiger partial charge on any atom is 0.474 e. The Balaban J connectivity index is 0.000000664. The average molecular weight is 344 g/mol.